The fourth-order valence-electron chi connectivity index (χ4n) is 0.691. The molecule has 0 aromatic heterocycles. The van der Waals surface area contributed by atoms with Crippen LogP contribution in [-0.2, 0) is 0 Å². The number of hydrazine groups is 2. The van der Waals surface area contributed by atoms with Crippen LogP contribution in [0.2, 0.25) is 0 Å². The Balaban J connectivity index is 2.48. The SMILES string of the molecule is CCN1NN(O)CC1=S. The van der Waals surface area contributed by atoms with Gasteiger partial charge in [0.05, 0.1) is 6.54 Å². The number of hydrogen-bond donors (Lipinski definition) is 2. The Labute approximate surface area is 58.9 Å². The number of hydroxylamine groups is 1. The summed E-state index contributed by atoms with van der Waals surface area (Å²) in [5, 5.41) is 11.5. The highest BCUT2D eigenvalue weighted by Gasteiger charge is 2.19. The van der Waals surface area contributed by atoms with Crippen molar-refractivity contribution in [3.63, 3.8) is 0 Å². The Morgan fingerprint density at radius 1 is 1.89 bits per heavy atom. The van der Waals surface area contributed by atoms with Crippen LogP contribution in [-0.4, -0.2) is 33.5 Å². The lowest BCUT2D eigenvalue weighted by Gasteiger charge is -2.13. The number of nitrogens with one attached hydrogen (secondary N) is 1. The molecule has 0 amide bonds. The van der Waals surface area contributed by atoms with E-state index >= 15 is 0 Å². The van der Waals surface area contributed by atoms with Crippen LogP contribution >= 0.6 is 12.2 Å². The molecule has 4 nitrogen and oxygen atoms in total. The average molecular weight is 147 g/mol. The molecular formula is C4H9N3OS. The van der Waals surface area contributed by atoms with E-state index in [4.69, 9.17) is 17.4 Å². The maximum absolute atomic E-state index is 8.79. The van der Waals surface area contributed by atoms with Crippen LogP contribution < -0.4 is 5.53 Å². The molecule has 1 rings (SSSR count). The molecule has 0 bridgehead atoms. The Morgan fingerprint density at radius 2 is 2.56 bits per heavy atom. The van der Waals surface area contributed by atoms with Crippen LogP contribution in [0.4, 0.5) is 0 Å². The smallest absolute Gasteiger partial charge is 0.112 e. The van der Waals surface area contributed by atoms with E-state index in [-0.39, 0.29) is 0 Å². The van der Waals surface area contributed by atoms with Crippen molar-refractivity contribution in [3.05, 3.63) is 0 Å². The molecule has 1 heterocycles. The van der Waals surface area contributed by atoms with Gasteiger partial charge in [-0.05, 0) is 6.92 Å². The Bertz CT molecular complexity index is 129. The highest BCUT2D eigenvalue weighted by Crippen LogP contribution is 1.97. The summed E-state index contributed by atoms with van der Waals surface area (Å²) in [4.78, 5) is 0.722. The van der Waals surface area contributed by atoms with Crippen molar-refractivity contribution in [1.82, 2.24) is 15.7 Å². The third-order valence-electron chi connectivity index (χ3n) is 1.14. The molecule has 0 aromatic rings. The number of likely N-dealkylation sites (N-methyl/N-ethyl adjacent to an activating group) is 1. The molecule has 1 aliphatic heterocycles. The van der Waals surface area contributed by atoms with E-state index in [1.807, 2.05) is 6.92 Å². The van der Waals surface area contributed by atoms with Crippen LogP contribution in [0.15, 0.2) is 0 Å². The Kier molecular flexibility index (Phi) is 1.97. The van der Waals surface area contributed by atoms with E-state index in [0.29, 0.717) is 6.54 Å². The fourth-order valence-corrected chi connectivity index (χ4v) is 0.983. The molecule has 0 unspecified atom stereocenters. The van der Waals surface area contributed by atoms with Gasteiger partial charge >= 0.3 is 0 Å². The summed E-state index contributed by atoms with van der Waals surface area (Å²) in [6, 6.07) is 0. The van der Waals surface area contributed by atoms with Gasteiger partial charge in [0, 0.05) is 6.54 Å². The molecule has 5 heteroatoms. The lowest BCUT2D eigenvalue weighted by Crippen LogP contribution is -2.38. The van der Waals surface area contributed by atoms with E-state index in [0.717, 1.165) is 16.7 Å². The predicted molar refractivity (Wildman–Crippen MR) is 36.6 cm³/mol. The fraction of sp³-hybridized carbons (Fsp3) is 0.750. The molecule has 9 heavy (non-hydrogen) atoms. The van der Waals surface area contributed by atoms with Crippen molar-refractivity contribution < 1.29 is 5.21 Å². The third kappa shape index (κ3) is 1.36. The molecule has 2 N–H and O–H groups in total. The lowest BCUT2D eigenvalue weighted by molar-refractivity contribution is -0.139. The number of nitrogens with zero attached hydrogens (tertiary/aromatic N) is 2. The first-order valence-corrected chi connectivity index (χ1v) is 3.18. The summed E-state index contributed by atoms with van der Waals surface area (Å²) < 4.78 is 0. The van der Waals surface area contributed by atoms with Crippen molar-refractivity contribution in [2.45, 2.75) is 6.92 Å². The van der Waals surface area contributed by atoms with Crippen LogP contribution in [0.1, 0.15) is 6.92 Å². The Hall–Kier alpha value is -0.230. The van der Waals surface area contributed by atoms with Gasteiger partial charge in [-0.2, -0.15) is 0 Å². The van der Waals surface area contributed by atoms with Crippen LogP contribution in [0, 0.1) is 0 Å². The van der Waals surface area contributed by atoms with E-state index in [1.165, 1.54) is 0 Å². The normalized spacial score (nSPS) is 21.6. The van der Waals surface area contributed by atoms with Gasteiger partial charge in [-0.3, -0.25) is 10.2 Å². The monoisotopic (exact) mass is 147 g/mol. The standard InChI is InChI=1S/C4H9N3OS/c1-2-6-4(9)3-7(8)5-6/h5,8H,2-3H2,1H3. The van der Waals surface area contributed by atoms with E-state index < -0.39 is 0 Å². The highest BCUT2D eigenvalue weighted by atomic mass is 32.1. The molecule has 52 valence electrons. The number of hydrogen-bond acceptors (Lipinski definition) is 4. The minimum absolute atomic E-state index is 0.406. The molecule has 1 saturated heterocycles. The van der Waals surface area contributed by atoms with Crippen molar-refractivity contribution >= 4 is 17.2 Å². The minimum atomic E-state index is 0.406. The summed E-state index contributed by atoms with van der Waals surface area (Å²) in [6.45, 7) is 3.14. The zero-order valence-corrected chi connectivity index (χ0v) is 5.98. The molecule has 0 aliphatic carbocycles. The summed E-state index contributed by atoms with van der Waals surface area (Å²) in [7, 11) is 0. The van der Waals surface area contributed by atoms with Gasteiger partial charge < -0.3 is 0 Å². The maximum Gasteiger partial charge on any atom is 0.112 e. The van der Waals surface area contributed by atoms with Crippen molar-refractivity contribution in [2.75, 3.05) is 13.1 Å². The molecule has 0 atom stereocenters. The third-order valence-corrected chi connectivity index (χ3v) is 1.49. The summed E-state index contributed by atoms with van der Waals surface area (Å²) in [6.07, 6.45) is 0. The van der Waals surface area contributed by atoms with Gasteiger partial charge in [0.1, 0.15) is 4.99 Å². The maximum atomic E-state index is 8.79. The summed E-state index contributed by atoms with van der Waals surface area (Å²) in [5.74, 6) is 0. The van der Waals surface area contributed by atoms with Crippen LogP contribution in [0.5, 0.6) is 0 Å². The second kappa shape index (κ2) is 2.57. The molecule has 0 spiro atoms. The van der Waals surface area contributed by atoms with E-state index in [9.17, 15) is 0 Å². The molecule has 0 saturated carbocycles. The first-order valence-electron chi connectivity index (χ1n) is 2.77. The van der Waals surface area contributed by atoms with Gasteiger partial charge in [-0.15, -0.1) is 10.7 Å². The highest BCUT2D eigenvalue weighted by molar-refractivity contribution is 7.80. The van der Waals surface area contributed by atoms with Crippen LogP contribution in [0.25, 0.3) is 0 Å². The van der Waals surface area contributed by atoms with Gasteiger partial charge in [0.15, 0.2) is 0 Å². The first-order chi connectivity index (χ1) is 4.24. The summed E-state index contributed by atoms with van der Waals surface area (Å²) in [5.41, 5.74) is 2.63. The van der Waals surface area contributed by atoms with Crippen molar-refractivity contribution in [2.24, 2.45) is 0 Å². The topological polar surface area (TPSA) is 38.7 Å². The zero-order chi connectivity index (χ0) is 6.85. The summed E-state index contributed by atoms with van der Waals surface area (Å²) >= 11 is 4.88. The predicted octanol–water partition coefficient (Wildman–Crippen LogP) is -0.240. The largest absolute Gasteiger partial charge is 0.297 e. The van der Waals surface area contributed by atoms with E-state index in [2.05, 4.69) is 5.53 Å². The van der Waals surface area contributed by atoms with Crippen molar-refractivity contribution in [3.8, 4) is 0 Å². The molecule has 0 aromatic carbocycles. The molecular weight excluding hydrogens is 138 g/mol. The molecule has 0 radical (unpaired) electrons. The van der Waals surface area contributed by atoms with Crippen LogP contribution in [0.3, 0.4) is 0 Å². The molecule has 1 fully saturated rings. The quantitative estimate of drug-likeness (QED) is 0.501. The zero-order valence-electron chi connectivity index (χ0n) is 5.16. The first kappa shape index (κ1) is 6.88. The average Bonchev–Trinajstić information content (AvgIpc) is 2.10. The van der Waals surface area contributed by atoms with Gasteiger partial charge in [0.25, 0.3) is 0 Å². The number of rotatable bonds is 1. The van der Waals surface area contributed by atoms with Gasteiger partial charge in [-0.25, -0.2) is 0 Å². The van der Waals surface area contributed by atoms with Gasteiger partial charge in [-0.1, -0.05) is 12.2 Å². The Morgan fingerprint density at radius 3 is 2.78 bits per heavy atom. The van der Waals surface area contributed by atoms with E-state index in [1.54, 1.807) is 5.01 Å². The minimum Gasteiger partial charge on any atom is -0.297 e. The lowest BCUT2D eigenvalue weighted by atomic mass is 10.6. The second-order valence-corrected chi connectivity index (χ2v) is 2.27. The van der Waals surface area contributed by atoms with Gasteiger partial charge in [0.2, 0.25) is 0 Å². The number of thiocarbonyl (C=S) groups is 1. The van der Waals surface area contributed by atoms with Crippen molar-refractivity contribution in [1.29, 1.82) is 0 Å². The second-order valence-electron chi connectivity index (χ2n) is 1.80. The molecule has 1 aliphatic rings.